The van der Waals surface area contributed by atoms with E-state index in [0.29, 0.717) is 72.4 Å². The van der Waals surface area contributed by atoms with Gasteiger partial charge in [0.15, 0.2) is 11.9 Å². The highest BCUT2D eigenvalue weighted by Crippen LogP contribution is 2.45. The minimum absolute atomic E-state index is 0.0152. The molecule has 6 aromatic carbocycles. The molecule has 16 heteroatoms. The van der Waals surface area contributed by atoms with Crippen LogP contribution < -0.4 is 33.2 Å². The topological polar surface area (TPSA) is 163 Å². The summed E-state index contributed by atoms with van der Waals surface area (Å²) in [7, 11) is 4.85. The van der Waals surface area contributed by atoms with Crippen molar-refractivity contribution in [3.63, 3.8) is 0 Å². The summed E-state index contributed by atoms with van der Waals surface area (Å²) in [6, 6.07) is 43.7. The van der Waals surface area contributed by atoms with E-state index in [9.17, 15) is 9.90 Å². The highest BCUT2D eigenvalue weighted by atomic mass is 35.5. The smallest absolute Gasteiger partial charge is 0.345 e. The zero-order valence-electron chi connectivity index (χ0n) is 40.7. The van der Waals surface area contributed by atoms with Gasteiger partial charge in [0, 0.05) is 29.1 Å². The average Bonchev–Trinajstić information content (AvgIpc) is 3.88. The first kappa shape index (κ1) is 49.3. The lowest BCUT2D eigenvalue weighted by Crippen LogP contribution is -2.39. The molecule has 0 saturated heterocycles. The molecule has 0 amide bonds. The van der Waals surface area contributed by atoms with Gasteiger partial charge in [-0.05, 0) is 101 Å². The first-order chi connectivity index (χ1) is 36.1. The molecule has 0 saturated carbocycles. The van der Waals surface area contributed by atoms with Crippen molar-refractivity contribution >= 4 is 39.1 Å². The Morgan fingerprint density at radius 3 is 2.19 bits per heavy atom. The van der Waals surface area contributed by atoms with Crippen LogP contribution in [-0.2, 0) is 28.2 Å². The summed E-state index contributed by atoms with van der Waals surface area (Å²) in [5.41, 5.74) is 5.31. The fraction of sp³-hybridized carbons (Fsp3) is 0.190. The fourth-order valence-electron chi connectivity index (χ4n) is 9.00. The van der Waals surface area contributed by atoms with Crippen molar-refractivity contribution in [1.82, 2.24) is 19.9 Å². The van der Waals surface area contributed by atoms with Crippen LogP contribution in [0.1, 0.15) is 33.5 Å². The molecular formula is C58H49ClN4O10S. The van der Waals surface area contributed by atoms with E-state index < -0.39 is 23.8 Å². The number of aliphatic carboxylic acids is 1. The molecule has 0 aliphatic carbocycles. The number of carbonyl (C=O) groups is 1. The Hall–Kier alpha value is -8.24. The van der Waals surface area contributed by atoms with Crippen LogP contribution in [0.25, 0.3) is 32.7 Å². The summed E-state index contributed by atoms with van der Waals surface area (Å²) >= 11 is 8.67. The van der Waals surface area contributed by atoms with E-state index in [1.807, 2.05) is 128 Å². The maximum Gasteiger partial charge on any atom is 0.345 e. The molecule has 0 radical (unpaired) electrons. The van der Waals surface area contributed by atoms with Crippen LogP contribution in [0.5, 0.6) is 40.4 Å². The number of hydrogen-bond acceptors (Lipinski definition) is 14. The van der Waals surface area contributed by atoms with Crippen molar-refractivity contribution in [2.24, 2.45) is 0 Å². The van der Waals surface area contributed by atoms with Crippen LogP contribution in [0.4, 0.5) is 0 Å². The van der Waals surface area contributed by atoms with E-state index in [2.05, 4.69) is 15.0 Å². The SMILES string of the molecule is COc1ccc(C(OC[C@H]2COc3ccc(OCc4ccnc(-c5ccccc5OC)n4)c(c3)C[C@H](C(=O)O)Oc3ncnc4scc(c34)-c3ccc(c(Cl)c3C)O2)(c2ccccc2)c2ccc(OC)cc2)cc1. The lowest BCUT2D eigenvalue weighted by atomic mass is 9.80. The Bertz CT molecular complexity index is 3390. The van der Waals surface area contributed by atoms with Gasteiger partial charge in [0.05, 0.1) is 49.6 Å². The highest BCUT2D eigenvalue weighted by molar-refractivity contribution is 7.17. The van der Waals surface area contributed by atoms with E-state index in [1.54, 1.807) is 51.8 Å². The van der Waals surface area contributed by atoms with Crippen molar-refractivity contribution in [2.45, 2.75) is 37.8 Å². The molecule has 374 valence electrons. The number of para-hydroxylation sites is 1. The van der Waals surface area contributed by atoms with Gasteiger partial charge in [-0.3, -0.25) is 0 Å². The van der Waals surface area contributed by atoms with Gasteiger partial charge in [0.2, 0.25) is 12.0 Å². The number of hydrogen-bond donors (Lipinski definition) is 1. The maximum absolute atomic E-state index is 13.3. The largest absolute Gasteiger partial charge is 0.497 e. The van der Waals surface area contributed by atoms with E-state index in [-0.39, 0.29) is 32.1 Å². The van der Waals surface area contributed by atoms with Gasteiger partial charge >= 0.3 is 5.97 Å². The van der Waals surface area contributed by atoms with Gasteiger partial charge in [-0.25, -0.2) is 24.7 Å². The second-order valence-electron chi connectivity index (χ2n) is 17.2. The minimum Gasteiger partial charge on any atom is -0.497 e. The molecule has 4 bridgehead atoms. The Labute approximate surface area is 436 Å². The molecule has 0 spiro atoms. The quantitative estimate of drug-likeness (QED) is 0.102. The lowest BCUT2D eigenvalue weighted by molar-refractivity contribution is -0.145. The van der Waals surface area contributed by atoms with Gasteiger partial charge in [-0.2, -0.15) is 0 Å². The van der Waals surface area contributed by atoms with Crippen molar-refractivity contribution in [3.8, 4) is 62.9 Å². The fourth-order valence-corrected chi connectivity index (χ4v) is 10.1. The summed E-state index contributed by atoms with van der Waals surface area (Å²) in [5, 5.41) is 13.7. The number of carboxylic acids is 1. The number of nitrogens with zero attached hydrogens (tertiary/aromatic N) is 4. The van der Waals surface area contributed by atoms with Gasteiger partial charge in [-0.15, -0.1) is 11.3 Å². The Balaban J connectivity index is 1.06. The molecule has 11 rings (SSSR count). The summed E-state index contributed by atoms with van der Waals surface area (Å²) < 4.78 is 50.5. The third-order valence-corrected chi connectivity index (χ3v) is 14.1. The zero-order valence-corrected chi connectivity index (χ0v) is 42.3. The number of rotatable bonds is 14. The number of aromatic nitrogens is 4. The second-order valence-corrected chi connectivity index (χ2v) is 18.4. The predicted octanol–water partition coefficient (Wildman–Crippen LogP) is 11.6. The van der Waals surface area contributed by atoms with Gasteiger partial charge in [0.25, 0.3) is 0 Å². The molecule has 3 aromatic heterocycles. The molecular weight excluding hydrogens is 980 g/mol. The van der Waals surface area contributed by atoms with E-state index in [1.165, 1.54) is 17.7 Å². The Kier molecular flexibility index (Phi) is 14.6. The van der Waals surface area contributed by atoms with E-state index in [0.717, 1.165) is 33.4 Å². The van der Waals surface area contributed by atoms with Crippen molar-refractivity contribution in [2.75, 3.05) is 34.5 Å². The molecule has 9 aromatic rings. The summed E-state index contributed by atoms with van der Waals surface area (Å²) in [6.45, 7) is 1.87. The molecule has 5 heterocycles. The van der Waals surface area contributed by atoms with Gasteiger partial charge < -0.3 is 43.0 Å². The van der Waals surface area contributed by atoms with Crippen molar-refractivity contribution in [1.29, 1.82) is 0 Å². The van der Waals surface area contributed by atoms with Crippen LogP contribution in [0.15, 0.2) is 157 Å². The molecule has 0 unspecified atom stereocenters. The number of thiophene rings is 1. The normalized spacial score (nSPS) is 14.5. The number of fused-ring (bicyclic) bond motifs is 7. The predicted molar refractivity (Wildman–Crippen MR) is 281 cm³/mol. The van der Waals surface area contributed by atoms with Crippen LogP contribution in [-0.4, -0.2) is 77.8 Å². The number of halogens is 1. The van der Waals surface area contributed by atoms with Crippen molar-refractivity contribution in [3.05, 3.63) is 196 Å². The molecule has 2 aliphatic rings. The van der Waals surface area contributed by atoms with E-state index in [4.69, 9.17) is 54.5 Å². The minimum atomic E-state index is -1.43. The Morgan fingerprint density at radius 1 is 0.757 bits per heavy atom. The summed E-state index contributed by atoms with van der Waals surface area (Å²) in [6.07, 6.45) is 0.649. The van der Waals surface area contributed by atoms with Crippen LogP contribution >= 0.6 is 22.9 Å². The average molecular weight is 1030 g/mol. The standard InChI is InChI=1S/C58H49ClN4O10S/c1-35-45-23-25-50(53(35)59)72-44(32-71-58(37-10-6-5-7-11-37,38-14-18-41(66-2)19-15-38)39-16-20-42(67-3)21-17-39)31-69-43-22-24-48(70-30-40-26-27-60-54(63-40)46-12-8-9-13-49(46)68-4)36(28-43)29-51(57(64)65)73-55-52-47(45)33-74-56(52)62-34-61-55/h5-28,33-34,44,51H,29-32H2,1-4H3,(H,64,65)/t44-,51-/m1/s1. The summed E-state index contributed by atoms with van der Waals surface area (Å²) in [5.74, 6) is 2.53. The number of carboxylic acid groups (broad SMARTS) is 1. The van der Waals surface area contributed by atoms with Gasteiger partial charge in [-0.1, -0.05) is 84.4 Å². The molecule has 1 N–H and O–H groups in total. The van der Waals surface area contributed by atoms with Gasteiger partial charge in [0.1, 0.15) is 64.5 Å². The molecule has 74 heavy (non-hydrogen) atoms. The summed E-state index contributed by atoms with van der Waals surface area (Å²) in [4.78, 5) is 32.1. The first-order valence-electron chi connectivity index (χ1n) is 23.6. The Morgan fingerprint density at radius 2 is 1.47 bits per heavy atom. The number of benzene rings is 6. The second kappa shape index (κ2) is 21.9. The third kappa shape index (κ3) is 10.1. The third-order valence-electron chi connectivity index (χ3n) is 12.8. The molecule has 14 nitrogen and oxygen atoms in total. The number of methoxy groups -OCH3 is 3. The van der Waals surface area contributed by atoms with Crippen LogP contribution in [0, 0.1) is 6.92 Å². The van der Waals surface area contributed by atoms with Crippen molar-refractivity contribution < 1.29 is 47.8 Å². The van der Waals surface area contributed by atoms with E-state index >= 15 is 0 Å². The zero-order chi connectivity index (χ0) is 51.2. The maximum atomic E-state index is 13.3. The van der Waals surface area contributed by atoms with Crippen LogP contribution in [0.3, 0.4) is 0 Å². The monoisotopic (exact) mass is 1030 g/mol. The highest BCUT2D eigenvalue weighted by Gasteiger charge is 2.39. The van der Waals surface area contributed by atoms with Crippen LogP contribution in [0.2, 0.25) is 5.02 Å². The number of ether oxygens (including phenoxy) is 8. The molecule has 2 aliphatic heterocycles. The lowest BCUT2D eigenvalue weighted by Gasteiger charge is -2.37. The molecule has 2 atom stereocenters. The first-order valence-corrected chi connectivity index (χ1v) is 24.8. The molecule has 0 fully saturated rings.